The van der Waals surface area contributed by atoms with Gasteiger partial charge in [0, 0.05) is 25.2 Å². The fourth-order valence-corrected chi connectivity index (χ4v) is 3.15. The molecule has 0 amide bonds. The first kappa shape index (κ1) is 9.47. The Morgan fingerprint density at radius 3 is 2.69 bits per heavy atom. The Morgan fingerprint density at radius 1 is 1.46 bits per heavy atom. The first-order chi connectivity index (χ1) is 6.13. The molecule has 2 atom stereocenters. The first-order valence-electron chi connectivity index (χ1n) is 5.59. The fraction of sp³-hybridized carbons (Fsp3) is 1.00. The average molecular weight is 182 g/mol. The van der Waals surface area contributed by atoms with Gasteiger partial charge >= 0.3 is 0 Å². The second-order valence-electron chi connectivity index (χ2n) is 5.25. The van der Waals surface area contributed by atoms with Crippen LogP contribution in [-0.4, -0.2) is 36.6 Å². The van der Waals surface area contributed by atoms with Crippen LogP contribution in [0.1, 0.15) is 33.6 Å². The Morgan fingerprint density at radius 2 is 2.23 bits per heavy atom. The molecule has 2 nitrogen and oxygen atoms in total. The standard InChI is InChI=1S/C11H22N2/c1-9(2)13-8-11(6-10(13)3)4-5-12-7-11/h9-10,12H,4-8H2,1-3H3. The normalized spacial score (nSPS) is 41.1. The molecular weight excluding hydrogens is 160 g/mol. The van der Waals surface area contributed by atoms with E-state index < -0.39 is 0 Å². The van der Waals surface area contributed by atoms with Crippen LogP contribution >= 0.6 is 0 Å². The number of hydrogen-bond donors (Lipinski definition) is 1. The van der Waals surface area contributed by atoms with E-state index in [-0.39, 0.29) is 0 Å². The van der Waals surface area contributed by atoms with E-state index in [4.69, 9.17) is 0 Å². The fourth-order valence-electron chi connectivity index (χ4n) is 3.15. The second-order valence-corrected chi connectivity index (χ2v) is 5.25. The summed E-state index contributed by atoms with van der Waals surface area (Å²) < 4.78 is 0. The van der Waals surface area contributed by atoms with Crippen molar-refractivity contribution in [2.75, 3.05) is 19.6 Å². The number of rotatable bonds is 1. The smallest absolute Gasteiger partial charge is 0.00761 e. The lowest BCUT2D eigenvalue weighted by Crippen LogP contribution is -2.35. The summed E-state index contributed by atoms with van der Waals surface area (Å²) in [5, 5.41) is 3.51. The van der Waals surface area contributed by atoms with E-state index in [1.165, 1.54) is 32.5 Å². The molecule has 2 fully saturated rings. The predicted octanol–water partition coefficient (Wildman–Crippen LogP) is 1.47. The van der Waals surface area contributed by atoms with Crippen LogP contribution in [0.2, 0.25) is 0 Å². The van der Waals surface area contributed by atoms with Gasteiger partial charge in [0.15, 0.2) is 0 Å². The zero-order valence-electron chi connectivity index (χ0n) is 9.14. The highest BCUT2D eigenvalue weighted by molar-refractivity contribution is 4.99. The minimum atomic E-state index is 0.629. The summed E-state index contributed by atoms with van der Waals surface area (Å²) in [6, 6.07) is 1.51. The third-order valence-corrected chi connectivity index (χ3v) is 3.81. The van der Waals surface area contributed by atoms with Crippen LogP contribution in [0, 0.1) is 5.41 Å². The van der Waals surface area contributed by atoms with E-state index in [2.05, 4.69) is 31.0 Å². The summed E-state index contributed by atoms with van der Waals surface area (Å²) in [6.07, 6.45) is 2.79. The molecule has 1 spiro atoms. The van der Waals surface area contributed by atoms with Crippen molar-refractivity contribution in [3.8, 4) is 0 Å². The Bertz CT molecular complexity index is 183. The third kappa shape index (κ3) is 1.62. The molecule has 0 aromatic heterocycles. The van der Waals surface area contributed by atoms with Crippen molar-refractivity contribution < 1.29 is 0 Å². The van der Waals surface area contributed by atoms with E-state index in [0.717, 1.165) is 12.1 Å². The molecule has 0 radical (unpaired) electrons. The third-order valence-electron chi connectivity index (χ3n) is 3.81. The van der Waals surface area contributed by atoms with Crippen LogP contribution < -0.4 is 5.32 Å². The average Bonchev–Trinajstić information content (AvgIpc) is 2.60. The van der Waals surface area contributed by atoms with Gasteiger partial charge in [-0.1, -0.05) is 0 Å². The molecule has 0 saturated carbocycles. The Kier molecular flexibility index (Phi) is 2.37. The minimum Gasteiger partial charge on any atom is -0.316 e. The molecule has 2 aliphatic rings. The van der Waals surface area contributed by atoms with Crippen molar-refractivity contribution in [1.82, 2.24) is 10.2 Å². The number of nitrogens with zero attached hydrogens (tertiary/aromatic N) is 1. The summed E-state index contributed by atoms with van der Waals surface area (Å²) in [6.45, 7) is 10.8. The molecule has 2 unspecified atom stereocenters. The van der Waals surface area contributed by atoms with Crippen molar-refractivity contribution in [2.24, 2.45) is 5.41 Å². The predicted molar refractivity (Wildman–Crippen MR) is 55.8 cm³/mol. The summed E-state index contributed by atoms with van der Waals surface area (Å²) in [5.41, 5.74) is 0.629. The highest BCUT2D eigenvalue weighted by Gasteiger charge is 2.44. The Labute approximate surface area is 81.7 Å². The maximum absolute atomic E-state index is 3.51. The number of nitrogens with one attached hydrogen (secondary N) is 1. The maximum atomic E-state index is 3.51. The molecule has 2 heterocycles. The number of likely N-dealkylation sites (tertiary alicyclic amines) is 1. The van der Waals surface area contributed by atoms with Gasteiger partial charge in [-0.05, 0) is 45.6 Å². The SMILES string of the molecule is CC(C)N1CC2(CCNC2)CC1C. The minimum absolute atomic E-state index is 0.629. The van der Waals surface area contributed by atoms with Crippen molar-refractivity contribution >= 4 is 0 Å². The van der Waals surface area contributed by atoms with E-state index in [1.807, 2.05) is 0 Å². The summed E-state index contributed by atoms with van der Waals surface area (Å²) >= 11 is 0. The molecule has 2 aliphatic heterocycles. The maximum Gasteiger partial charge on any atom is 0.00761 e. The second kappa shape index (κ2) is 3.25. The first-order valence-corrected chi connectivity index (χ1v) is 5.59. The van der Waals surface area contributed by atoms with E-state index in [1.54, 1.807) is 0 Å². The van der Waals surface area contributed by atoms with Gasteiger partial charge < -0.3 is 5.32 Å². The molecule has 13 heavy (non-hydrogen) atoms. The van der Waals surface area contributed by atoms with Crippen molar-refractivity contribution in [3.63, 3.8) is 0 Å². The van der Waals surface area contributed by atoms with Crippen molar-refractivity contribution in [1.29, 1.82) is 0 Å². The number of hydrogen-bond acceptors (Lipinski definition) is 2. The Balaban J connectivity index is 2.05. The summed E-state index contributed by atoms with van der Waals surface area (Å²) in [4.78, 5) is 2.66. The molecule has 0 bridgehead atoms. The summed E-state index contributed by atoms with van der Waals surface area (Å²) in [5.74, 6) is 0. The zero-order valence-corrected chi connectivity index (χ0v) is 9.14. The largest absolute Gasteiger partial charge is 0.316 e. The van der Waals surface area contributed by atoms with Gasteiger partial charge in [-0.15, -0.1) is 0 Å². The van der Waals surface area contributed by atoms with Crippen LogP contribution in [0.4, 0.5) is 0 Å². The molecule has 2 heteroatoms. The topological polar surface area (TPSA) is 15.3 Å². The van der Waals surface area contributed by atoms with Gasteiger partial charge in [0.25, 0.3) is 0 Å². The zero-order chi connectivity index (χ0) is 9.47. The van der Waals surface area contributed by atoms with Crippen LogP contribution in [0.5, 0.6) is 0 Å². The highest BCUT2D eigenvalue weighted by atomic mass is 15.2. The lowest BCUT2D eigenvalue weighted by atomic mass is 9.85. The van der Waals surface area contributed by atoms with E-state index >= 15 is 0 Å². The monoisotopic (exact) mass is 182 g/mol. The molecule has 2 saturated heterocycles. The highest BCUT2D eigenvalue weighted by Crippen LogP contribution is 2.40. The van der Waals surface area contributed by atoms with Crippen molar-refractivity contribution in [3.05, 3.63) is 0 Å². The van der Waals surface area contributed by atoms with Crippen LogP contribution in [0.15, 0.2) is 0 Å². The molecule has 0 aliphatic carbocycles. The molecule has 76 valence electrons. The quantitative estimate of drug-likeness (QED) is 0.660. The van der Waals surface area contributed by atoms with Gasteiger partial charge in [0.1, 0.15) is 0 Å². The van der Waals surface area contributed by atoms with Gasteiger partial charge in [0.05, 0.1) is 0 Å². The van der Waals surface area contributed by atoms with Crippen LogP contribution in [-0.2, 0) is 0 Å². The molecular formula is C11H22N2. The van der Waals surface area contributed by atoms with Crippen molar-refractivity contribution in [2.45, 2.75) is 45.7 Å². The molecule has 1 N–H and O–H groups in total. The summed E-state index contributed by atoms with van der Waals surface area (Å²) in [7, 11) is 0. The Hall–Kier alpha value is -0.0800. The van der Waals surface area contributed by atoms with E-state index in [9.17, 15) is 0 Å². The van der Waals surface area contributed by atoms with Crippen LogP contribution in [0.25, 0.3) is 0 Å². The van der Waals surface area contributed by atoms with Gasteiger partial charge in [-0.3, -0.25) is 4.90 Å². The van der Waals surface area contributed by atoms with Gasteiger partial charge in [-0.25, -0.2) is 0 Å². The van der Waals surface area contributed by atoms with Gasteiger partial charge in [0.2, 0.25) is 0 Å². The van der Waals surface area contributed by atoms with Crippen LogP contribution in [0.3, 0.4) is 0 Å². The van der Waals surface area contributed by atoms with Gasteiger partial charge in [-0.2, -0.15) is 0 Å². The van der Waals surface area contributed by atoms with E-state index in [0.29, 0.717) is 5.41 Å². The lowest BCUT2D eigenvalue weighted by Gasteiger charge is -2.26. The molecule has 0 aromatic rings. The molecule has 0 aromatic carbocycles. The molecule has 2 rings (SSSR count). The lowest BCUT2D eigenvalue weighted by molar-refractivity contribution is 0.199.